The van der Waals surface area contributed by atoms with Crippen LogP contribution in [0.25, 0.3) is 0 Å². The largest absolute Gasteiger partial charge is 0.212 e. The van der Waals surface area contributed by atoms with Gasteiger partial charge in [-0.1, -0.05) is 20.8 Å². The van der Waals surface area contributed by atoms with Crippen molar-refractivity contribution >= 4 is 10.0 Å². The van der Waals surface area contributed by atoms with Gasteiger partial charge in [-0.2, -0.15) is 0 Å². The van der Waals surface area contributed by atoms with Crippen LogP contribution in [0.1, 0.15) is 40.5 Å². The minimum absolute atomic E-state index is 0.0503. The fourth-order valence-corrected chi connectivity index (χ4v) is 5.86. The Kier molecular flexibility index (Phi) is 2.26. The molecule has 2 aliphatic rings. The molecule has 1 saturated heterocycles. The van der Waals surface area contributed by atoms with Gasteiger partial charge in [0.2, 0.25) is 10.0 Å². The molecule has 2 rings (SSSR count). The van der Waals surface area contributed by atoms with Crippen molar-refractivity contribution in [3.63, 3.8) is 0 Å². The minimum atomic E-state index is -3.03. The summed E-state index contributed by atoms with van der Waals surface area (Å²) in [6, 6.07) is 0.0856. The molecule has 0 bridgehead atoms. The van der Waals surface area contributed by atoms with Gasteiger partial charge >= 0.3 is 0 Å². The number of hydrogen-bond acceptors (Lipinski definition) is 2. The summed E-state index contributed by atoms with van der Waals surface area (Å²) < 4.78 is 26.1. The Labute approximate surface area is 92.7 Å². The van der Waals surface area contributed by atoms with E-state index in [9.17, 15) is 8.42 Å². The Morgan fingerprint density at radius 3 is 2.20 bits per heavy atom. The Morgan fingerprint density at radius 2 is 1.87 bits per heavy atom. The van der Waals surface area contributed by atoms with Crippen LogP contribution in [0.4, 0.5) is 0 Å². The van der Waals surface area contributed by atoms with E-state index in [0.29, 0.717) is 11.7 Å². The quantitative estimate of drug-likeness (QED) is 0.690. The lowest BCUT2D eigenvalue weighted by Crippen LogP contribution is -2.45. The summed E-state index contributed by atoms with van der Waals surface area (Å²) in [6.07, 6.45) is 2.18. The van der Waals surface area contributed by atoms with Gasteiger partial charge in [-0.15, -0.1) is 0 Å². The van der Waals surface area contributed by atoms with Crippen LogP contribution in [0.3, 0.4) is 0 Å². The zero-order chi connectivity index (χ0) is 11.5. The first-order valence-electron chi connectivity index (χ1n) is 5.71. The van der Waals surface area contributed by atoms with Crippen LogP contribution < -0.4 is 4.72 Å². The van der Waals surface area contributed by atoms with Gasteiger partial charge in [-0.25, -0.2) is 13.1 Å². The van der Waals surface area contributed by atoms with Crippen molar-refractivity contribution in [2.24, 2.45) is 16.7 Å². The SMILES string of the molecule is CC1CCC2(CS(=O)(=O)NC2C)C1(C)C. The maximum absolute atomic E-state index is 11.7. The molecule has 3 atom stereocenters. The molecular formula is C11H21NO2S. The first kappa shape index (κ1) is 11.4. The van der Waals surface area contributed by atoms with Crippen LogP contribution in [0.5, 0.6) is 0 Å². The predicted molar refractivity (Wildman–Crippen MR) is 61.0 cm³/mol. The van der Waals surface area contributed by atoms with E-state index in [0.717, 1.165) is 12.8 Å². The third-order valence-electron chi connectivity index (χ3n) is 5.17. The highest BCUT2D eigenvalue weighted by molar-refractivity contribution is 7.89. The molecule has 1 saturated carbocycles. The van der Waals surface area contributed by atoms with E-state index in [2.05, 4.69) is 25.5 Å². The lowest BCUT2D eigenvalue weighted by Gasteiger charge is -2.42. The Bertz CT molecular complexity index is 374. The van der Waals surface area contributed by atoms with E-state index in [1.54, 1.807) is 0 Å². The summed E-state index contributed by atoms with van der Waals surface area (Å²) in [5.74, 6) is 0.924. The molecule has 3 unspecified atom stereocenters. The van der Waals surface area contributed by atoms with Crippen LogP contribution in [0.2, 0.25) is 0 Å². The highest BCUT2D eigenvalue weighted by Crippen LogP contribution is 2.59. The molecule has 1 heterocycles. The van der Waals surface area contributed by atoms with Crippen LogP contribution in [0, 0.1) is 16.7 Å². The second kappa shape index (κ2) is 2.98. The van der Waals surface area contributed by atoms with Gasteiger partial charge in [0.05, 0.1) is 5.75 Å². The first-order chi connectivity index (χ1) is 6.71. The second-order valence-electron chi connectivity index (χ2n) is 5.92. The zero-order valence-electron chi connectivity index (χ0n) is 10.0. The smallest absolute Gasteiger partial charge is 0.212 e. The van der Waals surface area contributed by atoms with Crippen molar-refractivity contribution in [3.8, 4) is 0 Å². The standard InChI is InChI=1S/C11H21NO2S/c1-8-5-6-11(10(8,3)4)7-15(13,14)12-9(11)2/h8-9,12H,5-7H2,1-4H3. The van der Waals surface area contributed by atoms with Crippen LogP contribution in [-0.4, -0.2) is 20.2 Å². The maximum atomic E-state index is 11.7. The van der Waals surface area contributed by atoms with Crippen molar-refractivity contribution in [3.05, 3.63) is 0 Å². The molecule has 0 amide bonds. The first-order valence-corrected chi connectivity index (χ1v) is 7.36. The summed E-state index contributed by atoms with van der Waals surface area (Å²) in [4.78, 5) is 0. The van der Waals surface area contributed by atoms with E-state index in [-0.39, 0.29) is 16.9 Å². The molecular weight excluding hydrogens is 210 g/mol. The lowest BCUT2D eigenvalue weighted by atomic mass is 9.63. The molecule has 0 radical (unpaired) electrons. The third-order valence-corrected chi connectivity index (χ3v) is 6.78. The average molecular weight is 231 g/mol. The van der Waals surface area contributed by atoms with Crippen LogP contribution >= 0.6 is 0 Å². The van der Waals surface area contributed by atoms with Crippen LogP contribution in [0.15, 0.2) is 0 Å². The Balaban J connectivity index is 2.45. The van der Waals surface area contributed by atoms with Gasteiger partial charge < -0.3 is 0 Å². The van der Waals surface area contributed by atoms with Gasteiger partial charge in [-0.05, 0) is 31.1 Å². The number of hydrogen-bond donors (Lipinski definition) is 1. The highest BCUT2D eigenvalue weighted by Gasteiger charge is 2.60. The second-order valence-corrected chi connectivity index (χ2v) is 7.67. The molecule has 3 nitrogen and oxygen atoms in total. The predicted octanol–water partition coefficient (Wildman–Crippen LogP) is 1.75. The minimum Gasteiger partial charge on any atom is -0.212 e. The highest BCUT2D eigenvalue weighted by atomic mass is 32.2. The fourth-order valence-electron chi connectivity index (χ4n) is 3.57. The number of sulfonamides is 1. The van der Waals surface area contributed by atoms with E-state index >= 15 is 0 Å². The summed E-state index contributed by atoms with van der Waals surface area (Å²) in [5, 5.41) is 0. The van der Waals surface area contributed by atoms with Gasteiger partial charge in [0.25, 0.3) is 0 Å². The summed E-state index contributed by atoms with van der Waals surface area (Å²) >= 11 is 0. The van der Waals surface area contributed by atoms with Gasteiger partial charge in [-0.3, -0.25) is 0 Å². The van der Waals surface area contributed by atoms with Crippen molar-refractivity contribution in [2.75, 3.05) is 5.75 Å². The average Bonchev–Trinajstić information content (AvgIpc) is 2.43. The van der Waals surface area contributed by atoms with Gasteiger partial charge in [0.15, 0.2) is 0 Å². The molecule has 2 fully saturated rings. The molecule has 15 heavy (non-hydrogen) atoms. The van der Waals surface area contributed by atoms with E-state index in [1.807, 2.05) is 6.92 Å². The molecule has 1 spiro atoms. The molecule has 88 valence electrons. The van der Waals surface area contributed by atoms with Crippen molar-refractivity contribution in [2.45, 2.75) is 46.6 Å². The summed E-state index contributed by atoms with van der Waals surface area (Å²) in [7, 11) is -3.03. The summed E-state index contributed by atoms with van der Waals surface area (Å²) in [5.41, 5.74) is 0.0637. The van der Waals surface area contributed by atoms with Gasteiger partial charge in [0, 0.05) is 11.5 Å². The number of nitrogens with one attached hydrogen (secondary N) is 1. The monoisotopic (exact) mass is 231 g/mol. The molecule has 0 aromatic rings. The van der Waals surface area contributed by atoms with Crippen LogP contribution in [-0.2, 0) is 10.0 Å². The molecule has 1 aliphatic heterocycles. The van der Waals surface area contributed by atoms with Crippen molar-refractivity contribution in [1.29, 1.82) is 0 Å². The van der Waals surface area contributed by atoms with E-state index in [1.165, 1.54) is 0 Å². The molecule has 0 aromatic carbocycles. The van der Waals surface area contributed by atoms with E-state index in [4.69, 9.17) is 0 Å². The van der Waals surface area contributed by atoms with Crippen molar-refractivity contribution in [1.82, 2.24) is 4.72 Å². The van der Waals surface area contributed by atoms with Gasteiger partial charge in [0.1, 0.15) is 0 Å². The fraction of sp³-hybridized carbons (Fsp3) is 1.00. The summed E-state index contributed by atoms with van der Waals surface area (Å²) in [6.45, 7) is 8.71. The Morgan fingerprint density at radius 1 is 1.27 bits per heavy atom. The molecule has 4 heteroatoms. The normalized spacial score (nSPS) is 47.5. The molecule has 1 aliphatic carbocycles. The third kappa shape index (κ3) is 1.37. The number of rotatable bonds is 0. The molecule has 0 aromatic heterocycles. The Hall–Kier alpha value is -0.0900. The zero-order valence-corrected chi connectivity index (χ0v) is 10.8. The maximum Gasteiger partial charge on any atom is 0.212 e. The topological polar surface area (TPSA) is 46.2 Å². The van der Waals surface area contributed by atoms with E-state index < -0.39 is 10.0 Å². The molecule has 1 N–H and O–H groups in total. The lowest BCUT2D eigenvalue weighted by molar-refractivity contribution is 0.0816. The van der Waals surface area contributed by atoms with Crippen molar-refractivity contribution < 1.29 is 8.42 Å².